The van der Waals surface area contributed by atoms with E-state index in [9.17, 15) is 13.2 Å². The summed E-state index contributed by atoms with van der Waals surface area (Å²) in [5.41, 5.74) is 6.00. The number of nitrogens with two attached hydrogens (primary N) is 1. The maximum absolute atomic E-state index is 12.4. The molecular weight excluding hydrogens is 312 g/mol. The smallest absolute Gasteiger partial charge is 0.305 e. The molecule has 1 aromatic carbocycles. The first kappa shape index (κ1) is 17.5. The molecule has 0 aliphatic carbocycles. The number of nitrogens with zero attached hydrogens (tertiary/aromatic N) is 1. The molecule has 1 aromatic rings. The lowest BCUT2D eigenvalue weighted by Gasteiger charge is -2.17. The molecular formula is C13H18N2O4S2. The van der Waals surface area contributed by atoms with Crippen molar-refractivity contribution in [3.63, 3.8) is 0 Å². The van der Waals surface area contributed by atoms with Gasteiger partial charge in [-0.25, -0.2) is 12.7 Å². The molecule has 1 rings (SSSR count). The Kier molecular flexibility index (Phi) is 6.25. The number of hydrogen-bond donors (Lipinski definition) is 1. The number of benzene rings is 1. The van der Waals surface area contributed by atoms with Gasteiger partial charge in [-0.05, 0) is 18.6 Å². The first-order chi connectivity index (χ1) is 9.78. The number of methoxy groups -OCH3 is 1. The lowest BCUT2D eigenvalue weighted by atomic mass is 10.2. The van der Waals surface area contributed by atoms with Crippen molar-refractivity contribution in [1.29, 1.82) is 0 Å². The van der Waals surface area contributed by atoms with E-state index < -0.39 is 10.0 Å². The number of sulfonamides is 1. The summed E-state index contributed by atoms with van der Waals surface area (Å²) in [6.07, 6.45) is 0.556. The van der Waals surface area contributed by atoms with E-state index in [4.69, 9.17) is 18.0 Å². The van der Waals surface area contributed by atoms with Crippen LogP contribution in [-0.4, -0.2) is 44.4 Å². The summed E-state index contributed by atoms with van der Waals surface area (Å²) in [6, 6.07) is 6.16. The second kappa shape index (κ2) is 7.48. The molecule has 0 bridgehead atoms. The van der Waals surface area contributed by atoms with Gasteiger partial charge in [0, 0.05) is 25.6 Å². The number of ether oxygens (including phenoxy) is 1. The number of rotatable bonds is 7. The van der Waals surface area contributed by atoms with Crippen LogP contribution in [-0.2, 0) is 19.6 Å². The predicted molar refractivity (Wildman–Crippen MR) is 83.4 cm³/mol. The third kappa shape index (κ3) is 4.76. The lowest BCUT2D eigenvalue weighted by Crippen LogP contribution is -2.28. The highest BCUT2D eigenvalue weighted by atomic mass is 32.2. The summed E-state index contributed by atoms with van der Waals surface area (Å²) in [7, 11) is -0.880. The summed E-state index contributed by atoms with van der Waals surface area (Å²) in [5.74, 6) is -0.365. The van der Waals surface area contributed by atoms with Crippen molar-refractivity contribution in [3.8, 4) is 0 Å². The molecule has 0 saturated heterocycles. The maximum Gasteiger partial charge on any atom is 0.305 e. The minimum atomic E-state index is -3.63. The van der Waals surface area contributed by atoms with Crippen LogP contribution in [0.5, 0.6) is 0 Å². The summed E-state index contributed by atoms with van der Waals surface area (Å²) < 4.78 is 30.5. The molecule has 116 valence electrons. The van der Waals surface area contributed by atoms with Gasteiger partial charge in [-0.2, -0.15) is 0 Å². The lowest BCUT2D eigenvalue weighted by molar-refractivity contribution is -0.140. The Morgan fingerprint density at radius 1 is 1.43 bits per heavy atom. The Morgan fingerprint density at radius 2 is 2.10 bits per heavy atom. The average molecular weight is 330 g/mol. The zero-order valence-electron chi connectivity index (χ0n) is 11.9. The molecule has 0 aliphatic rings. The maximum atomic E-state index is 12.4. The highest BCUT2D eigenvalue weighted by molar-refractivity contribution is 7.89. The zero-order chi connectivity index (χ0) is 16.0. The topological polar surface area (TPSA) is 89.7 Å². The van der Waals surface area contributed by atoms with Gasteiger partial charge in [-0.15, -0.1) is 0 Å². The standard InChI is InChI=1S/C13H18N2O4S2/c1-15(8-4-7-12(16)19-2)21(17,18)11-6-3-5-10(9-11)13(14)20/h3,5-6,9H,4,7-8H2,1-2H3,(H2,14,20). The Labute approximate surface area is 129 Å². The number of esters is 1. The fourth-order valence-electron chi connectivity index (χ4n) is 1.66. The van der Waals surface area contributed by atoms with Gasteiger partial charge in [0.25, 0.3) is 0 Å². The average Bonchev–Trinajstić information content (AvgIpc) is 2.46. The normalized spacial score (nSPS) is 11.4. The van der Waals surface area contributed by atoms with Gasteiger partial charge >= 0.3 is 5.97 Å². The molecule has 0 aliphatic heterocycles. The first-order valence-electron chi connectivity index (χ1n) is 6.22. The Balaban J connectivity index is 2.82. The van der Waals surface area contributed by atoms with Gasteiger partial charge in [-0.1, -0.05) is 24.4 Å². The van der Waals surface area contributed by atoms with Crippen LogP contribution in [0.4, 0.5) is 0 Å². The van der Waals surface area contributed by atoms with Gasteiger partial charge in [0.1, 0.15) is 4.99 Å². The SMILES string of the molecule is COC(=O)CCCN(C)S(=O)(=O)c1cccc(C(N)=S)c1. The minimum Gasteiger partial charge on any atom is -0.469 e. The van der Waals surface area contributed by atoms with Crippen LogP contribution >= 0.6 is 12.2 Å². The van der Waals surface area contributed by atoms with Gasteiger partial charge in [-0.3, -0.25) is 4.79 Å². The molecule has 0 fully saturated rings. The van der Waals surface area contributed by atoms with Crippen molar-refractivity contribution < 1.29 is 17.9 Å². The molecule has 0 radical (unpaired) electrons. The van der Waals surface area contributed by atoms with E-state index in [-0.39, 0.29) is 28.8 Å². The van der Waals surface area contributed by atoms with Crippen molar-refractivity contribution in [2.24, 2.45) is 5.73 Å². The molecule has 0 spiro atoms. The third-order valence-electron chi connectivity index (χ3n) is 2.91. The van der Waals surface area contributed by atoms with Crippen LogP contribution in [0.15, 0.2) is 29.2 Å². The summed E-state index contributed by atoms with van der Waals surface area (Å²) in [6.45, 7) is 0.217. The largest absolute Gasteiger partial charge is 0.469 e. The third-order valence-corrected chi connectivity index (χ3v) is 5.00. The van der Waals surface area contributed by atoms with Crippen molar-refractivity contribution in [2.75, 3.05) is 20.7 Å². The highest BCUT2D eigenvalue weighted by Crippen LogP contribution is 2.16. The van der Waals surface area contributed by atoms with E-state index in [1.807, 2.05) is 0 Å². The van der Waals surface area contributed by atoms with Crippen LogP contribution in [0.1, 0.15) is 18.4 Å². The molecule has 0 amide bonds. The molecule has 21 heavy (non-hydrogen) atoms. The van der Waals surface area contributed by atoms with Gasteiger partial charge in [0.15, 0.2) is 0 Å². The van der Waals surface area contributed by atoms with E-state index in [0.717, 1.165) is 0 Å². The van der Waals surface area contributed by atoms with Gasteiger partial charge in [0.2, 0.25) is 10.0 Å². The van der Waals surface area contributed by atoms with Crippen LogP contribution < -0.4 is 5.73 Å². The van der Waals surface area contributed by atoms with Gasteiger partial charge < -0.3 is 10.5 Å². The van der Waals surface area contributed by atoms with Crippen LogP contribution in [0.3, 0.4) is 0 Å². The van der Waals surface area contributed by atoms with Crippen LogP contribution in [0.25, 0.3) is 0 Å². The number of carbonyl (C=O) groups is 1. The first-order valence-corrected chi connectivity index (χ1v) is 8.07. The molecule has 6 nitrogen and oxygen atoms in total. The van der Waals surface area contributed by atoms with Crippen LogP contribution in [0, 0.1) is 0 Å². The van der Waals surface area contributed by atoms with E-state index in [0.29, 0.717) is 12.0 Å². The molecule has 2 N–H and O–H groups in total. The summed E-state index contributed by atoms with van der Waals surface area (Å²) in [5, 5.41) is 0. The minimum absolute atomic E-state index is 0.119. The molecule has 0 unspecified atom stereocenters. The van der Waals surface area contributed by atoms with E-state index >= 15 is 0 Å². The number of thiocarbonyl (C=S) groups is 1. The quantitative estimate of drug-likeness (QED) is 0.590. The Hall–Kier alpha value is -1.51. The van der Waals surface area contributed by atoms with Crippen molar-refractivity contribution >= 4 is 33.2 Å². The van der Waals surface area contributed by atoms with Crippen molar-refractivity contribution in [2.45, 2.75) is 17.7 Å². The highest BCUT2D eigenvalue weighted by Gasteiger charge is 2.21. The van der Waals surface area contributed by atoms with Crippen LogP contribution in [0.2, 0.25) is 0 Å². The summed E-state index contributed by atoms with van der Waals surface area (Å²) >= 11 is 4.84. The Morgan fingerprint density at radius 3 is 2.67 bits per heavy atom. The monoisotopic (exact) mass is 330 g/mol. The van der Waals surface area contributed by atoms with E-state index in [2.05, 4.69) is 4.74 Å². The fourth-order valence-corrected chi connectivity index (χ4v) is 3.04. The fraction of sp³-hybridized carbons (Fsp3) is 0.385. The second-order valence-corrected chi connectivity index (χ2v) is 6.88. The Bertz CT molecular complexity index is 629. The number of hydrogen-bond acceptors (Lipinski definition) is 5. The summed E-state index contributed by atoms with van der Waals surface area (Å²) in [4.78, 5) is 11.3. The van der Waals surface area contributed by atoms with Gasteiger partial charge in [0.05, 0.1) is 12.0 Å². The molecule has 8 heteroatoms. The molecule has 0 heterocycles. The number of carbonyl (C=O) groups excluding carboxylic acids is 1. The molecule has 0 atom stereocenters. The van der Waals surface area contributed by atoms with Crippen molar-refractivity contribution in [3.05, 3.63) is 29.8 Å². The zero-order valence-corrected chi connectivity index (χ0v) is 13.5. The van der Waals surface area contributed by atoms with E-state index in [1.165, 1.54) is 30.6 Å². The predicted octanol–water partition coefficient (Wildman–Crippen LogP) is 0.895. The van der Waals surface area contributed by atoms with E-state index in [1.54, 1.807) is 12.1 Å². The van der Waals surface area contributed by atoms with Crippen molar-refractivity contribution in [1.82, 2.24) is 4.31 Å². The molecule has 0 aromatic heterocycles. The second-order valence-electron chi connectivity index (χ2n) is 4.40. The molecule has 0 saturated carbocycles.